The van der Waals surface area contributed by atoms with Crippen LogP contribution >= 0.6 is 0 Å². The molecular weight excluding hydrogens is 388 g/mol. The molecule has 0 radical (unpaired) electrons. The van der Waals surface area contributed by atoms with Crippen molar-refractivity contribution in [3.8, 4) is 17.0 Å². The van der Waals surface area contributed by atoms with Gasteiger partial charge in [-0.25, -0.2) is 4.98 Å². The molecule has 3 heterocycles. The number of nitrogens with zero attached hydrogens (tertiary/aromatic N) is 2. The van der Waals surface area contributed by atoms with Gasteiger partial charge in [0.15, 0.2) is 0 Å². The Morgan fingerprint density at radius 1 is 1.23 bits per heavy atom. The van der Waals surface area contributed by atoms with Gasteiger partial charge in [-0.3, -0.25) is 9.78 Å². The third-order valence-corrected chi connectivity index (χ3v) is 5.70. The molecule has 0 fully saturated rings. The van der Waals surface area contributed by atoms with Crippen LogP contribution in [0.5, 0.6) is 5.75 Å². The van der Waals surface area contributed by atoms with E-state index in [1.165, 1.54) is 0 Å². The molecule has 0 aliphatic carbocycles. The number of carbonyl (C=O) groups is 1. The van der Waals surface area contributed by atoms with Gasteiger partial charge in [0, 0.05) is 35.3 Å². The Morgan fingerprint density at radius 3 is 3.00 bits per heavy atom. The van der Waals surface area contributed by atoms with Crippen LogP contribution in [0.2, 0.25) is 0 Å². The lowest BCUT2D eigenvalue weighted by Gasteiger charge is -2.11. The van der Waals surface area contributed by atoms with Crippen molar-refractivity contribution in [2.75, 3.05) is 6.54 Å². The molecule has 4 aromatic rings. The van der Waals surface area contributed by atoms with E-state index in [0.717, 1.165) is 56.8 Å². The highest BCUT2D eigenvalue weighted by atomic mass is 16.5. The minimum Gasteiger partial charge on any atom is -0.488 e. The molecule has 0 saturated carbocycles. The van der Waals surface area contributed by atoms with Crippen LogP contribution < -0.4 is 10.1 Å². The Hall–Kier alpha value is -3.67. The molecule has 0 bridgehead atoms. The monoisotopic (exact) mass is 412 g/mol. The molecule has 2 aromatic heterocycles. The smallest absolute Gasteiger partial charge is 0.224 e. The van der Waals surface area contributed by atoms with Crippen molar-refractivity contribution in [3.63, 3.8) is 0 Å². The van der Waals surface area contributed by atoms with Crippen molar-refractivity contribution in [1.82, 2.24) is 20.3 Å². The highest BCUT2D eigenvalue weighted by molar-refractivity contribution is 5.88. The molecule has 2 aromatic carbocycles. The molecule has 6 nitrogen and oxygen atoms in total. The summed E-state index contributed by atoms with van der Waals surface area (Å²) in [6, 6.07) is 14.1. The van der Waals surface area contributed by atoms with Crippen molar-refractivity contribution >= 4 is 16.8 Å². The first-order chi connectivity index (χ1) is 15.1. The SMILES string of the molecule is Cc1cnc(C)c(-c2ccc3c(c2)C[C@H](CNC(=O)Cc2c[nH]c4ccccc24)O3)n1. The molecule has 1 aliphatic heterocycles. The molecule has 2 N–H and O–H groups in total. The summed E-state index contributed by atoms with van der Waals surface area (Å²) in [6.45, 7) is 4.40. The topological polar surface area (TPSA) is 79.9 Å². The molecule has 1 amide bonds. The van der Waals surface area contributed by atoms with Gasteiger partial charge in [-0.15, -0.1) is 0 Å². The average Bonchev–Trinajstić information content (AvgIpc) is 3.37. The third kappa shape index (κ3) is 3.89. The second-order valence-electron chi connectivity index (χ2n) is 8.05. The minimum atomic E-state index is -0.0677. The summed E-state index contributed by atoms with van der Waals surface area (Å²) in [6.07, 6.45) is 4.73. The van der Waals surface area contributed by atoms with Crippen LogP contribution in [-0.4, -0.2) is 33.5 Å². The average molecular weight is 412 g/mol. The Bertz CT molecular complexity index is 1280. The van der Waals surface area contributed by atoms with Gasteiger partial charge in [-0.1, -0.05) is 18.2 Å². The second-order valence-corrected chi connectivity index (χ2v) is 8.05. The number of aromatic amines is 1. The number of benzene rings is 2. The van der Waals surface area contributed by atoms with Crippen LogP contribution in [0.25, 0.3) is 22.2 Å². The normalized spacial score (nSPS) is 15.0. The lowest BCUT2D eigenvalue weighted by Crippen LogP contribution is -2.35. The molecule has 156 valence electrons. The largest absolute Gasteiger partial charge is 0.488 e. The first-order valence-corrected chi connectivity index (χ1v) is 10.5. The fourth-order valence-electron chi connectivity index (χ4n) is 4.13. The van der Waals surface area contributed by atoms with Gasteiger partial charge in [0.05, 0.1) is 30.0 Å². The standard InChI is InChI=1S/C25H24N4O2/c1-15-12-26-16(2)25(29-15)17-7-8-23-18(9-17)10-20(31-23)14-28-24(30)11-19-13-27-22-6-4-3-5-21(19)22/h3-9,12-13,20,27H,10-11,14H2,1-2H3,(H,28,30)/t20-/m1/s1. The number of para-hydroxylation sites is 1. The van der Waals surface area contributed by atoms with E-state index in [9.17, 15) is 4.79 Å². The Morgan fingerprint density at radius 2 is 2.10 bits per heavy atom. The van der Waals surface area contributed by atoms with E-state index >= 15 is 0 Å². The zero-order chi connectivity index (χ0) is 21.4. The molecule has 5 rings (SSSR count). The van der Waals surface area contributed by atoms with Crippen LogP contribution in [0.3, 0.4) is 0 Å². The van der Waals surface area contributed by atoms with E-state index in [4.69, 9.17) is 4.74 Å². The molecule has 6 heteroatoms. The van der Waals surface area contributed by atoms with Gasteiger partial charge in [-0.2, -0.15) is 0 Å². The van der Waals surface area contributed by atoms with E-state index in [1.54, 1.807) is 6.20 Å². The van der Waals surface area contributed by atoms with Gasteiger partial charge >= 0.3 is 0 Å². The number of hydrogen-bond donors (Lipinski definition) is 2. The summed E-state index contributed by atoms with van der Waals surface area (Å²) >= 11 is 0. The predicted octanol–water partition coefficient (Wildman–Crippen LogP) is 3.90. The molecule has 0 spiro atoms. The van der Waals surface area contributed by atoms with E-state index < -0.39 is 0 Å². The van der Waals surface area contributed by atoms with Crippen molar-refractivity contribution in [1.29, 1.82) is 0 Å². The Balaban J connectivity index is 1.22. The van der Waals surface area contributed by atoms with E-state index in [-0.39, 0.29) is 12.0 Å². The van der Waals surface area contributed by atoms with Crippen LogP contribution in [0, 0.1) is 13.8 Å². The highest BCUT2D eigenvalue weighted by Gasteiger charge is 2.24. The fourth-order valence-corrected chi connectivity index (χ4v) is 4.13. The number of aromatic nitrogens is 3. The Labute approximate surface area is 180 Å². The maximum atomic E-state index is 12.5. The van der Waals surface area contributed by atoms with Crippen molar-refractivity contribution < 1.29 is 9.53 Å². The number of ether oxygens (including phenoxy) is 1. The van der Waals surface area contributed by atoms with E-state index in [1.807, 2.05) is 56.4 Å². The number of fused-ring (bicyclic) bond motifs is 2. The van der Waals surface area contributed by atoms with Crippen LogP contribution in [-0.2, 0) is 17.6 Å². The summed E-state index contributed by atoms with van der Waals surface area (Å²) in [4.78, 5) is 24.8. The number of carbonyl (C=O) groups excluding carboxylic acids is 1. The minimum absolute atomic E-state index is 0.00402. The number of H-pyrrole nitrogens is 1. The molecule has 1 aliphatic rings. The summed E-state index contributed by atoms with van der Waals surface area (Å²) in [5.41, 5.74) is 6.93. The van der Waals surface area contributed by atoms with Gasteiger partial charge in [0.25, 0.3) is 0 Å². The fraction of sp³-hybridized carbons (Fsp3) is 0.240. The molecule has 0 saturated heterocycles. The van der Waals surface area contributed by atoms with Crippen LogP contribution in [0.1, 0.15) is 22.5 Å². The van der Waals surface area contributed by atoms with Gasteiger partial charge in [0.2, 0.25) is 5.91 Å². The van der Waals surface area contributed by atoms with Crippen molar-refractivity contribution in [3.05, 3.63) is 77.4 Å². The van der Waals surface area contributed by atoms with Gasteiger partial charge in [-0.05, 0) is 49.2 Å². The third-order valence-electron chi connectivity index (χ3n) is 5.70. The van der Waals surface area contributed by atoms with Crippen molar-refractivity contribution in [2.24, 2.45) is 0 Å². The zero-order valence-corrected chi connectivity index (χ0v) is 17.6. The highest BCUT2D eigenvalue weighted by Crippen LogP contribution is 2.33. The summed E-state index contributed by atoms with van der Waals surface area (Å²) < 4.78 is 6.05. The summed E-state index contributed by atoms with van der Waals surface area (Å²) in [7, 11) is 0. The number of hydrogen-bond acceptors (Lipinski definition) is 4. The molecule has 31 heavy (non-hydrogen) atoms. The number of rotatable bonds is 5. The summed E-state index contributed by atoms with van der Waals surface area (Å²) in [5, 5.41) is 4.11. The first-order valence-electron chi connectivity index (χ1n) is 10.5. The Kier molecular flexibility index (Phi) is 4.90. The lowest BCUT2D eigenvalue weighted by molar-refractivity contribution is -0.120. The molecule has 0 unspecified atom stereocenters. The van der Waals surface area contributed by atoms with Gasteiger partial charge < -0.3 is 15.0 Å². The van der Waals surface area contributed by atoms with E-state index in [0.29, 0.717) is 13.0 Å². The first kappa shape index (κ1) is 19.3. The maximum Gasteiger partial charge on any atom is 0.224 e. The van der Waals surface area contributed by atoms with E-state index in [2.05, 4.69) is 26.3 Å². The number of nitrogens with one attached hydrogen (secondary N) is 2. The number of amides is 1. The molecular formula is C25H24N4O2. The second kappa shape index (κ2) is 7.87. The number of aryl methyl sites for hydroxylation is 2. The van der Waals surface area contributed by atoms with Crippen LogP contribution in [0.15, 0.2) is 54.9 Å². The zero-order valence-electron chi connectivity index (χ0n) is 17.6. The molecule has 1 atom stereocenters. The lowest BCUT2D eigenvalue weighted by atomic mass is 10.0. The van der Waals surface area contributed by atoms with Gasteiger partial charge in [0.1, 0.15) is 11.9 Å². The predicted molar refractivity (Wildman–Crippen MR) is 120 cm³/mol. The summed E-state index contributed by atoms with van der Waals surface area (Å²) in [5.74, 6) is 0.869. The van der Waals surface area contributed by atoms with Crippen LogP contribution in [0.4, 0.5) is 0 Å². The maximum absolute atomic E-state index is 12.5. The van der Waals surface area contributed by atoms with Crippen molar-refractivity contribution in [2.45, 2.75) is 32.8 Å². The quantitative estimate of drug-likeness (QED) is 0.521.